The summed E-state index contributed by atoms with van der Waals surface area (Å²) in [6.45, 7) is 5.77. The highest BCUT2D eigenvalue weighted by Crippen LogP contribution is 2.50. The number of halogens is 2. The third kappa shape index (κ3) is 2.55. The molecule has 0 atom stereocenters. The number of aliphatic hydroxyl groups is 1. The van der Waals surface area contributed by atoms with Gasteiger partial charge in [0.2, 0.25) is 0 Å². The van der Waals surface area contributed by atoms with Crippen LogP contribution < -0.4 is 0 Å². The van der Waals surface area contributed by atoms with Gasteiger partial charge in [0, 0.05) is 18.5 Å². The van der Waals surface area contributed by atoms with E-state index in [1.807, 2.05) is 13.8 Å². The Kier molecular flexibility index (Phi) is 3.63. The Labute approximate surface area is 94.3 Å². The van der Waals surface area contributed by atoms with Crippen molar-refractivity contribution in [1.29, 1.82) is 0 Å². The molecule has 2 nitrogen and oxygen atoms in total. The van der Waals surface area contributed by atoms with Crippen LogP contribution in [-0.2, 0) is 5.60 Å². The molecule has 90 valence electrons. The average Bonchev–Trinajstić information content (AvgIpc) is 2.18. The Bertz CT molecular complexity index is 358. The van der Waals surface area contributed by atoms with Crippen molar-refractivity contribution in [1.82, 2.24) is 4.98 Å². The van der Waals surface area contributed by atoms with Gasteiger partial charge in [-0.25, -0.2) is 8.78 Å². The number of hydrogen-bond acceptors (Lipinski definition) is 2. The average molecular weight is 229 g/mol. The van der Waals surface area contributed by atoms with Gasteiger partial charge in [0.05, 0.1) is 5.69 Å². The summed E-state index contributed by atoms with van der Waals surface area (Å²) in [6, 6.07) is 5.07. The molecular formula is C12H17F2NO. The predicted octanol–water partition coefficient (Wildman–Crippen LogP) is 3.03. The van der Waals surface area contributed by atoms with Gasteiger partial charge in [-0.15, -0.1) is 0 Å². The van der Waals surface area contributed by atoms with E-state index in [1.165, 1.54) is 0 Å². The van der Waals surface area contributed by atoms with Crippen LogP contribution in [0.1, 0.15) is 38.1 Å². The van der Waals surface area contributed by atoms with E-state index in [9.17, 15) is 13.9 Å². The molecule has 4 heteroatoms. The summed E-state index contributed by atoms with van der Waals surface area (Å²) in [5.41, 5.74) is -0.343. The minimum atomic E-state index is -2.74. The van der Waals surface area contributed by atoms with Crippen LogP contribution >= 0.6 is 0 Å². The van der Waals surface area contributed by atoms with Crippen molar-refractivity contribution in [2.24, 2.45) is 0 Å². The summed E-state index contributed by atoms with van der Waals surface area (Å²) >= 11 is 0. The van der Waals surface area contributed by atoms with Gasteiger partial charge >= 0.3 is 0 Å². The second-order valence-corrected chi connectivity index (χ2v) is 3.91. The topological polar surface area (TPSA) is 33.1 Å². The van der Waals surface area contributed by atoms with Crippen LogP contribution in [0.4, 0.5) is 8.78 Å². The number of aryl methyl sites for hydroxylation is 1. The van der Waals surface area contributed by atoms with E-state index in [4.69, 9.17) is 0 Å². The van der Waals surface area contributed by atoms with Crippen LogP contribution in [-0.4, -0.2) is 16.0 Å². The summed E-state index contributed by atoms with van der Waals surface area (Å²) in [7, 11) is 0. The zero-order chi connectivity index (χ0) is 12.4. The highest BCUT2D eigenvalue weighted by molar-refractivity contribution is 5.21. The lowest BCUT2D eigenvalue weighted by Crippen LogP contribution is -2.49. The molecule has 1 aliphatic carbocycles. The zero-order valence-corrected chi connectivity index (χ0v) is 9.80. The van der Waals surface area contributed by atoms with E-state index < -0.39 is 24.4 Å². The van der Waals surface area contributed by atoms with Crippen molar-refractivity contribution in [3.05, 3.63) is 29.6 Å². The summed E-state index contributed by atoms with van der Waals surface area (Å²) in [5.74, 6) is -2.74. The van der Waals surface area contributed by atoms with Crippen LogP contribution in [0.25, 0.3) is 0 Å². The molecule has 2 rings (SSSR count). The van der Waals surface area contributed by atoms with E-state index in [0.29, 0.717) is 5.69 Å². The molecule has 16 heavy (non-hydrogen) atoms. The monoisotopic (exact) mass is 229 g/mol. The molecular weight excluding hydrogens is 212 g/mol. The van der Waals surface area contributed by atoms with Crippen LogP contribution in [0.3, 0.4) is 0 Å². The Hall–Kier alpha value is -1.03. The fourth-order valence-corrected chi connectivity index (χ4v) is 1.79. The first-order valence-electron chi connectivity index (χ1n) is 5.46. The van der Waals surface area contributed by atoms with Gasteiger partial charge in [0.1, 0.15) is 5.60 Å². The molecule has 0 saturated heterocycles. The third-order valence-corrected chi connectivity index (χ3v) is 2.47. The number of pyridine rings is 1. The Morgan fingerprint density at radius 3 is 2.25 bits per heavy atom. The standard InChI is InChI=1S/C10H11F2NO.C2H6/c1-7-3-2-4-8(13-7)9(14)5-10(11,12)6-9;1-2/h2-4,14H,5-6H2,1H3;1-2H3. The minimum absolute atomic E-state index is 0.350. The van der Waals surface area contributed by atoms with E-state index in [-0.39, 0.29) is 0 Å². The molecule has 1 fully saturated rings. The molecule has 0 bridgehead atoms. The highest BCUT2D eigenvalue weighted by Gasteiger charge is 2.57. The molecule has 1 aromatic heterocycles. The molecule has 1 aliphatic rings. The molecule has 1 saturated carbocycles. The molecule has 1 aromatic rings. The second kappa shape index (κ2) is 4.45. The minimum Gasteiger partial charge on any atom is -0.383 e. The van der Waals surface area contributed by atoms with Crippen molar-refractivity contribution in [3.63, 3.8) is 0 Å². The summed E-state index contributed by atoms with van der Waals surface area (Å²) in [6.07, 6.45) is -1.03. The highest BCUT2D eigenvalue weighted by atomic mass is 19.3. The first-order valence-corrected chi connectivity index (χ1v) is 5.46. The van der Waals surface area contributed by atoms with Crippen molar-refractivity contribution in [2.45, 2.75) is 45.1 Å². The number of aromatic nitrogens is 1. The molecule has 1 heterocycles. The number of rotatable bonds is 1. The lowest BCUT2D eigenvalue weighted by atomic mass is 9.74. The molecule has 0 aliphatic heterocycles. The Morgan fingerprint density at radius 1 is 1.25 bits per heavy atom. The predicted molar refractivity (Wildman–Crippen MR) is 58.4 cm³/mol. The van der Waals surface area contributed by atoms with Crippen molar-refractivity contribution >= 4 is 0 Å². The summed E-state index contributed by atoms with van der Waals surface area (Å²) in [5, 5.41) is 9.80. The van der Waals surface area contributed by atoms with Gasteiger partial charge in [-0.05, 0) is 19.1 Å². The van der Waals surface area contributed by atoms with Crippen LogP contribution in [0.5, 0.6) is 0 Å². The van der Waals surface area contributed by atoms with Gasteiger partial charge in [0.15, 0.2) is 0 Å². The zero-order valence-electron chi connectivity index (χ0n) is 9.80. The number of alkyl halides is 2. The van der Waals surface area contributed by atoms with Crippen molar-refractivity contribution in [2.75, 3.05) is 0 Å². The van der Waals surface area contributed by atoms with Crippen LogP contribution in [0, 0.1) is 6.92 Å². The Morgan fingerprint density at radius 2 is 1.81 bits per heavy atom. The van der Waals surface area contributed by atoms with Crippen molar-refractivity contribution in [3.8, 4) is 0 Å². The quantitative estimate of drug-likeness (QED) is 0.803. The molecule has 0 aromatic carbocycles. The summed E-state index contributed by atoms with van der Waals surface area (Å²) < 4.78 is 25.3. The maximum atomic E-state index is 12.6. The van der Waals surface area contributed by atoms with Crippen LogP contribution in [0.15, 0.2) is 18.2 Å². The van der Waals surface area contributed by atoms with E-state index >= 15 is 0 Å². The van der Waals surface area contributed by atoms with Gasteiger partial charge < -0.3 is 5.11 Å². The number of nitrogens with zero attached hydrogens (tertiary/aromatic N) is 1. The molecule has 0 amide bonds. The molecule has 0 spiro atoms. The van der Waals surface area contributed by atoms with Gasteiger partial charge in [0.25, 0.3) is 5.92 Å². The normalized spacial score (nSPS) is 20.4. The fraction of sp³-hybridized carbons (Fsp3) is 0.583. The maximum Gasteiger partial charge on any atom is 0.254 e. The van der Waals surface area contributed by atoms with E-state index in [1.54, 1.807) is 25.1 Å². The lowest BCUT2D eigenvalue weighted by Gasteiger charge is -2.42. The SMILES string of the molecule is CC.Cc1cccc(C2(O)CC(F)(F)C2)n1. The largest absolute Gasteiger partial charge is 0.383 e. The van der Waals surface area contributed by atoms with Crippen LogP contribution in [0.2, 0.25) is 0 Å². The fourth-order valence-electron chi connectivity index (χ4n) is 1.79. The maximum absolute atomic E-state index is 12.6. The summed E-state index contributed by atoms with van der Waals surface area (Å²) in [4.78, 5) is 4.05. The van der Waals surface area contributed by atoms with Gasteiger partial charge in [-0.1, -0.05) is 19.9 Å². The molecule has 1 N–H and O–H groups in total. The van der Waals surface area contributed by atoms with Gasteiger partial charge in [-0.2, -0.15) is 0 Å². The molecule has 0 unspecified atom stereocenters. The van der Waals surface area contributed by atoms with E-state index in [0.717, 1.165) is 5.69 Å². The smallest absolute Gasteiger partial charge is 0.254 e. The third-order valence-electron chi connectivity index (χ3n) is 2.47. The lowest BCUT2D eigenvalue weighted by molar-refractivity contribution is -0.212. The first kappa shape index (κ1) is 13.0. The molecule has 0 radical (unpaired) electrons. The van der Waals surface area contributed by atoms with E-state index in [2.05, 4.69) is 4.98 Å². The number of hydrogen-bond donors (Lipinski definition) is 1. The first-order chi connectivity index (χ1) is 7.41. The Balaban J connectivity index is 0.000000606. The van der Waals surface area contributed by atoms with Gasteiger partial charge in [-0.3, -0.25) is 4.98 Å². The van der Waals surface area contributed by atoms with Crippen molar-refractivity contribution < 1.29 is 13.9 Å². The second-order valence-electron chi connectivity index (χ2n) is 3.91.